The summed E-state index contributed by atoms with van der Waals surface area (Å²) in [6.45, 7) is 3.25. The van der Waals surface area contributed by atoms with Gasteiger partial charge in [0.15, 0.2) is 5.13 Å². The van der Waals surface area contributed by atoms with Crippen LogP contribution in [0.1, 0.15) is 12.0 Å². The van der Waals surface area contributed by atoms with Gasteiger partial charge in [0.1, 0.15) is 0 Å². The summed E-state index contributed by atoms with van der Waals surface area (Å²) < 4.78 is 5.23. The van der Waals surface area contributed by atoms with Gasteiger partial charge in [0.2, 0.25) is 5.91 Å². The Morgan fingerprint density at radius 3 is 3.05 bits per heavy atom. The number of anilines is 1. The minimum absolute atomic E-state index is 0.00758. The van der Waals surface area contributed by atoms with Crippen LogP contribution in [-0.4, -0.2) is 24.1 Å². The maximum absolute atomic E-state index is 12.0. The van der Waals surface area contributed by atoms with E-state index in [1.54, 1.807) is 0 Å². The Kier molecular flexibility index (Phi) is 3.80. The second-order valence-corrected chi connectivity index (χ2v) is 5.76. The molecule has 0 aliphatic carbocycles. The zero-order valence-corrected chi connectivity index (χ0v) is 12.1. The summed E-state index contributed by atoms with van der Waals surface area (Å²) in [5.41, 5.74) is 3.19. The van der Waals surface area contributed by atoms with Gasteiger partial charge >= 0.3 is 0 Å². The lowest BCUT2D eigenvalue weighted by atomic mass is 10.1. The number of aryl methyl sites for hydroxylation is 1. The molecule has 1 atom stereocenters. The summed E-state index contributed by atoms with van der Waals surface area (Å²) in [6, 6.07) is 8.10. The molecule has 0 bridgehead atoms. The van der Waals surface area contributed by atoms with Crippen LogP contribution in [0.5, 0.6) is 0 Å². The Balaban J connectivity index is 1.74. The van der Waals surface area contributed by atoms with E-state index in [-0.39, 0.29) is 11.8 Å². The van der Waals surface area contributed by atoms with Crippen molar-refractivity contribution in [3.63, 3.8) is 0 Å². The predicted molar refractivity (Wildman–Crippen MR) is 79.8 cm³/mol. The van der Waals surface area contributed by atoms with E-state index in [2.05, 4.69) is 23.3 Å². The van der Waals surface area contributed by atoms with Crippen LogP contribution in [-0.2, 0) is 9.53 Å². The van der Waals surface area contributed by atoms with Crippen molar-refractivity contribution in [2.45, 2.75) is 13.3 Å². The first-order chi connectivity index (χ1) is 9.74. The molecule has 5 heteroatoms. The number of amides is 1. The van der Waals surface area contributed by atoms with Crippen molar-refractivity contribution in [1.29, 1.82) is 0 Å². The standard InChI is InChI=1S/C15H16N2O2S/c1-10-4-2-3-5-12(10)13-9-20-15(16-13)17-14(18)11-6-7-19-8-11/h2-5,9,11H,6-8H2,1H3,(H,16,17,18). The van der Waals surface area contributed by atoms with Crippen molar-refractivity contribution >= 4 is 22.4 Å². The lowest BCUT2D eigenvalue weighted by Crippen LogP contribution is -2.22. The Labute approximate surface area is 121 Å². The SMILES string of the molecule is Cc1ccccc1-c1csc(NC(=O)C2CCOC2)n1. The van der Waals surface area contributed by atoms with Gasteiger partial charge in [-0.3, -0.25) is 4.79 Å². The van der Waals surface area contributed by atoms with Gasteiger partial charge in [0.25, 0.3) is 0 Å². The number of thiazole rings is 1. The highest BCUT2D eigenvalue weighted by molar-refractivity contribution is 7.14. The molecule has 0 spiro atoms. The molecular formula is C15H16N2O2S. The zero-order valence-electron chi connectivity index (χ0n) is 11.3. The molecule has 1 aromatic carbocycles. The van der Waals surface area contributed by atoms with Crippen LogP contribution < -0.4 is 5.32 Å². The van der Waals surface area contributed by atoms with Crippen LogP contribution in [0, 0.1) is 12.8 Å². The van der Waals surface area contributed by atoms with Crippen LogP contribution in [0.15, 0.2) is 29.6 Å². The van der Waals surface area contributed by atoms with Crippen LogP contribution in [0.2, 0.25) is 0 Å². The Hall–Kier alpha value is -1.72. The van der Waals surface area contributed by atoms with Crippen molar-refractivity contribution in [3.8, 4) is 11.3 Å². The number of hydrogen-bond donors (Lipinski definition) is 1. The van der Waals surface area contributed by atoms with Crippen molar-refractivity contribution in [3.05, 3.63) is 35.2 Å². The molecular weight excluding hydrogens is 272 g/mol. The van der Waals surface area contributed by atoms with Crippen LogP contribution >= 0.6 is 11.3 Å². The number of carbonyl (C=O) groups excluding carboxylic acids is 1. The number of rotatable bonds is 3. The first kappa shape index (κ1) is 13.3. The molecule has 1 amide bonds. The van der Waals surface area contributed by atoms with Crippen molar-refractivity contribution in [1.82, 2.24) is 4.98 Å². The predicted octanol–water partition coefficient (Wildman–Crippen LogP) is 3.09. The average molecular weight is 288 g/mol. The molecule has 0 saturated carbocycles. The van der Waals surface area contributed by atoms with Gasteiger partial charge in [-0.2, -0.15) is 0 Å². The molecule has 1 aromatic heterocycles. The molecule has 1 fully saturated rings. The quantitative estimate of drug-likeness (QED) is 0.944. The molecule has 4 nitrogen and oxygen atoms in total. The lowest BCUT2D eigenvalue weighted by Gasteiger charge is -2.06. The van der Waals surface area contributed by atoms with Crippen molar-refractivity contribution in [2.75, 3.05) is 18.5 Å². The average Bonchev–Trinajstić information content (AvgIpc) is 3.10. The maximum Gasteiger partial charge on any atom is 0.231 e. The topological polar surface area (TPSA) is 51.2 Å². The molecule has 2 aromatic rings. The summed E-state index contributed by atoms with van der Waals surface area (Å²) >= 11 is 1.46. The smallest absolute Gasteiger partial charge is 0.231 e. The van der Waals surface area contributed by atoms with Gasteiger partial charge in [-0.1, -0.05) is 24.3 Å². The fraction of sp³-hybridized carbons (Fsp3) is 0.333. The maximum atomic E-state index is 12.0. The largest absolute Gasteiger partial charge is 0.381 e. The molecule has 2 heterocycles. The van der Waals surface area contributed by atoms with E-state index in [1.165, 1.54) is 16.9 Å². The molecule has 20 heavy (non-hydrogen) atoms. The molecule has 3 rings (SSSR count). The fourth-order valence-electron chi connectivity index (χ4n) is 2.26. The van der Waals surface area contributed by atoms with E-state index in [4.69, 9.17) is 4.74 Å². The number of nitrogens with zero attached hydrogens (tertiary/aromatic N) is 1. The number of nitrogens with one attached hydrogen (secondary N) is 1. The summed E-state index contributed by atoms with van der Waals surface area (Å²) in [5, 5.41) is 5.51. The molecule has 1 saturated heterocycles. The monoisotopic (exact) mass is 288 g/mol. The lowest BCUT2D eigenvalue weighted by molar-refractivity contribution is -0.119. The van der Waals surface area contributed by atoms with E-state index in [0.717, 1.165) is 17.7 Å². The molecule has 1 N–H and O–H groups in total. The highest BCUT2D eigenvalue weighted by Crippen LogP contribution is 2.27. The normalized spacial score (nSPS) is 18.1. The summed E-state index contributed by atoms with van der Waals surface area (Å²) in [7, 11) is 0. The van der Waals surface area contributed by atoms with Crippen LogP contribution in [0.4, 0.5) is 5.13 Å². The number of benzene rings is 1. The van der Waals surface area contributed by atoms with Gasteiger partial charge in [-0.25, -0.2) is 4.98 Å². The first-order valence-corrected chi connectivity index (χ1v) is 7.52. The molecule has 1 unspecified atom stereocenters. The third-order valence-electron chi connectivity index (χ3n) is 3.46. The fourth-order valence-corrected chi connectivity index (χ4v) is 2.98. The highest BCUT2D eigenvalue weighted by atomic mass is 32.1. The first-order valence-electron chi connectivity index (χ1n) is 6.64. The molecule has 104 valence electrons. The van der Waals surface area contributed by atoms with E-state index in [1.807, 2.05) is 23.6 Å². The highest BCUT2D eigenvalue weighted by Gasteiger charge is 2.24. The number of hydrogen-bond acceptors (Lipinski definition) is 4. The summed E-state index contributed by atoms with van der Waals surface area (Å²) in [5.74, 6) is -0.0333. The third-order valence-corrected chi connectivity index (χ3v) is 4.21. The minimum Gasteiger partial charge on any atom is -0.381 e. The Morgan fingerprint density at radius 1 is 1.45 bits per heavy atom. The Bertz CT molecular complexity index is 618. The van der Waals surface area contributed by atoms with E-state index >= 15 is 0 Å². The van der Waals surface area contributed by atoms with Crippen LogP contribution in [0.3, 0.4) is 0 Å². The summed E-state index contributed by atoms with van der Waals surface area (Å²) in [6.07, 6.45) is 0.794. The van der Waals surface area contributed by atoms with Crippen molar-refractivity contribution in [2.24, 2.45) is 5.92 Å². The van der Waals surface area contributed by atoms with Crippen LogP contribution in [0.25, 0.3) is 11.3 Å². The van der Waals surface area contributed by atoms with E-state index in [0.29, 0.717) is 18.3 Å². The second kappa shape index (κ2) is 5.73. The van der Waals surface area contributed by atoms with Gasteiger partial charge < -0.3 is 10.1 Å². The molecule has 1 aliphatic heterocycles. The molecule has 1 aliphatic rings. The number of carbonyl (C=O) groups is 1. The Morgan fingerprint density at radius 2 is 2.30 bits per heavy atom. The number of aromatic nitrogens is 1. The van der Waals surface area contributed by atoms with Gasteiger partial charge in [-0.15, -0.1) is 11.3 Å². The molecule has 0 radical (unpaired) electrons. The van der Waals surface area contributed by atoms with Gasteiger partial charge in [0, 0.05) is 17.6 Å². The second-order valence-electron chi connectivity index (χ2n) is 4.90. The zero-order chi connectivity index (χ0) is 13.9. The van der Waals surface area contributed by atoms with Gasteiger partial charge in [-0.05, 0) is 18.9 Å². The third kappa shape index (κ3) is 2.73. The van der Waals surface area contributed by atoms with Gasteiger partial charge in [0.05, 0.1) is 18.2 Å². The van der Waals surface area contributed by atoms with E-state index < -0.39 is 0 Å². The van der Waals surface area contributed by atoms with E-state index in [9.17, 15) is 4.79 Å². The number of ether oxygens (including phenoxy) is 1. The minimum atomic E-state index is -0.0409. The van der Waals surface area contributed by atoms with Crippen molar-refractivity contribution < 1.29 is 9.53 Å². The summed E-state index contributed by atoms with van der Waals surface area (Å²) in [4.78, 5) is 16.5.